The number of fused-ring (bicyclic) bond motifs is 1. The lowest BCUT2D eigenvalue weighted by atomic mass is 9.98. The van der Waals surface area contributed by atoms with Crippen molar-refractivity contribution in [2.45, 2.75) is 19.3 Å². The first-order valence-corrected chi connectivity index (χ1v) is 7.18. The van der Waals surface area contributed by atoms with E-state index in [0.717, 1.165) is 47.6 Å². The second-order valence-electron chi connectivity index (χ2n) is 5.22. The maximum Gasteiger partial charge on any atom is 0.167 e. The molecular formula is C18H18O3. The molecule has 1 heterocycles. The molecule has 3 rings (SSSR count). The van der Waals surface area contributed by atoms with Gasteiger partial charge in [0.1, 0.15) is 11.5 Å². The lowest BCUT2D eigenvalue weighted by molar-refractivity contribution is 0.0992. The highest BCUT2D eigenvalue weighted by Gasteiger charge is 2.14. The Labute approximate surface area is 124 Å². The molecule has 0 amide bonds. The fourth-order valence-corrected chi connectivity index (χ4v) is 2.56. The van der Waals surface area contributed by atoms with E-state index in [1.807, 2.05) is 42.5 Å². The van der Waals surface area contributed by atoms with Crippen molar-refractivity contribution in [3.05, 3.63) is 59.2 Å². The molecule has 0 atom stereocenters. The maximum absolute atomic E-state index is 12.4. The molecule has 3 heteroatoms. The van der Waals surface area contributed by atoms with Gasteiger partial charge in [-0.15, -0.1) is 0 Å². The Morgan fingerprint density at radius 2 is 2.00 bits per heavy atom. The van der Waals surface area contributed by atoms with Crippen molar-refractivity contribution in [1.82, 2.24) is 0 Å². The van der Waals surface area contributed by atoms with Gasteiger partial charge in [-0.1, -0.05) is 12.1 Å². The van der Waals surface area contributed by atoms with Gasteiger partial charge >= 0.3 is 0 Å². The average molecular weight is 282 g/mol. The topological polar surface area (TPSA) is 35.5 Å². The lowest BCUT2D eigenvalue weighted by Crippen LogP contribution is -2.10. The third kappa shape index (κ3) is 3.07. The fraction of sp³-hybridized carbons (Fsp3) is 0.278. The number of carbonyl (C=O) groups excluding carboxylic acids is 1. The van der Waals surface area contributed by atoms with Crippen molar-refractivity contribution in [3.8, 4) is 11.5 Å². The quantitative estimate of drug-likeness (QED) is 0.806. The van der Waals surface area contributed by atoms with Crippen LogP contribution in [0.3, 0.4) is 0 Å². The number of ether oxygens (including phenoxy) is 2. The highest BCUT2D eigenvalue weighted by Crippen LogP contribution is 2.26. The molecule has 21 heavy (non-hydrogen) atoms. The summed E-state index contributed by atoms with van der Waals surface area (Å²) in [6.45, 7) is 0.770. The highest BCUT2D eigenvalue weighted by molar-refractivity contribution is 5.97. The van der Waals surface area contributed by atoms with E-state index < -0.39 is 0 Å². The van der Waals surface area contributed by atoms with Gasteiger partial charge in [0.05, 0.1) is 13.7 Å². The number of methoxy groups -OCH3 is 1. The molecule has 0 saturated carbocycles. The summed E-state index contributed by atoms with van der Waals surface area (Å²) >= 11 is 0. The first-order valence-electron chi connectivity index (χ1n) is 7.18. The van der Waals surface area contributed by atoms with Crippen LogP contribution in [0.15, 0.2) is 42.5 Å². The van der Waals surface area contributed by atoms with Crippen molar-refractivity contribution < 1.29 is 14.3 Å². The lowest BCUT2D eigenvalue weighted by Gasteiger charge is -2.17. The summed E-state index contributed by atoms with van der Waals surface area (Å²) in [4.78, 5) is 12.4. The molecule has 3 nitrogen and oxygen atoms in total. The van der Waals surface area contributed by atoms with Gasteiger partial charge in [0.2, 0.25) is 0 Å². The Hall–Kier alpha value is -2.29. The zero-order valence-electron chi connectivity index (χ0n) is 12.1. The molecule has 0 spiro atoms. The zero-order chi connectivity index (χ0) is 14.7. The number of benzene rings is 2. The Morgan fingerprint density at radius 1 is 1.19 bits per heavy atom. The molecule has 0 saturated heterocycles. The van der Waals surface area contributed by atoms with Crippen LogP contribution in [0.4, 0.5) is 0 Å². The summed E-state index contributed by atoms with van der Waals surface area (Å²) in [6.07, 6.45) is 2.41. The van der Waals surface area contributed by atoms with Crippen LogP contribution in [0, 0.1) is 0 Å². The van der Waals surface area contributed by atoms with Crippen LogP contribution in [0.25, 0.3) is 0 Å². The molecule has 108 valence electrons. The van der Waals surface area contributed by atoms with E-state index in [-0.39, 0.29) is 5.78 Å². The summed E-state index contributed by atoms with van der Waals surface area (Å²) in [6, 6.07) is 13.4. The molecule has 0 aromatic heterocycles. The van der Waals surface area contributed by atoms with Crippen molar-refractivity contribution in [3.63, 3.8) is 0 Å². The second-order valence-corrected chi connectivity index (χ2v) is 5.22. The van der Waals surface area contributed by atoms with Crippen LogP contribution < -0.4 is 9.47 Å². The van der Waals surface area contributed by atoms with Gasteiger partial charge in [-0.05, 0) is 54.3 Å². The predicted molar refractivity (Wildman–Crippen MR) is 81.3 cm³/mol. The number of aryl methyl sites for hydroxylation is 1. The molecule has 2 aromatic rings. The van der Waals surface area contributed by atoms with E-state index >= 15 is 0 Å². The van der Waals surface area contributed by atoms with Gasteiger partial charge in [0.15, 0.2) is 5.78 Å². The normalized spacial score (nSPS) is 13.2. The second kappa shape index (κ2) is 6.00. The van der Waals surface area contributed by atoms with Crippen molar-refractivity contribution in [2.75, 3.05) is 13.7 Å². The van der Waals surface area contributed by atoms with Crippen molar-refractivity contribution >= 4 is 5.78 Å². The van der Waals surface area contributed by atoms with Crippen molar-refractivity contribution in [2.24, 2.45) is 0 Å². The Kier molecular flexibility index (Phi) is 3.91. The van der Waals surface area contributed by atoms with Gasteiger partial charge in [-0.2, -0.15) is 0 Å². The molecule has 0 aliphatic carbocycles. The minimum Gasteiger partial charge on any atom is -0.497 e. The van der Waals surface area contributed by atoms with Gasteiger partial charge in [-0.25, -0.2) is 0 Å². The summed E-state index contributed by atoms with van der Waals surface area (Å²) in [5.41, 5.74) is 2.90. The third-order valence-corrected chi connectivity index (χ3v) is 3.75. The van der Waals surface area contributed by atoms with Crippen molar-refractivity contribution in [1.29, 1.82) is 0 Å². The largest absolute Gasteiger partial charge is 0.497 e. The molecule has 0 fully saturated rings. The summed E-state index contributed by atoms with van der Waals surface area (Å²) in [7, 11) is 1.63. The number of ketones is 1. The van der Waals surface area contributed by atoms with Crippen LogP contribution in [-0.2, 0) is 12.8 Å². The highest BCUT2D eigenvalue weighted by atomic mass is 16.5. The van der Waals surface area contributed by atoms with Gasteiger partial charge in [0.25, 0.3) is 0 Å². The van der Waals surface area contributed by atoms with E-state index in [0.29, 0.717) is 6.42 Å². The van der Waals surface area contributed by atoms with Crippen LogP contribution in [0.2, 0.25) is 0 Å². The monoisotopic (exact) mass is 282 g/mol. The first kappa shape index (κ1) is 13.7. The van der Waals surface area contributed by atoms with E-state index in [2.05, 4.69) is 0 Å². The SMILES string of the molecule is COc1ccc(CC(=O)c2ccc3c(c2)CCCO3)cc1. The van der Waals surface area contributed by atoms with Crippen LogP contribution in [-0.4, -0.2) is 19.5 Å². The smallest absolute Gasteiger partial charge is 0.167 e. The van der Waals surface area contributed by atoms with E-state index in [1.165, 1.54) is 0 Å². The van der Waals surface area contributed by atoms with Crippen LogP contribution in [0.5, 0.6) is 11.5 Å². The summed E-state index contributed by atoms with van der Waals surface area (Å²) < 4.78 is 10.7. The van der Waals surface area contributed by atoms with E-state index in [1.54, 1.807) is 7.11 Å². The Balaban J connectivity index is 1.75. The van der Waals surface area contributed by atoms with E-state index in [4.69, 9.17) is 9.47 Å². The van der Waals surface area contributed by atoms with Gasteiger partial charge in [0, 0.05) is 12.0 Å². The summed E-state index contributed by atoms with van der Waals surface area (Å²) in [5, 5.41) is 0. The Morgan fingerprint density at radius 3 is 2.76 bits per heavy atom. The Bertz CT molecular complexity index is 644. The molecule has 1 aliphatic heterocycles. The van der Waals surface area contributed by atoms with Gasteiger partial charge in [-0.3, -0.25) is 4.79 Å². The third-order valence-electron chi connectivity index (χ3n) is 3.75. The van der Waals surface area contributed by atoms with Crippen LogP contribution >= 0.6 is 0 Å². The van der Waals surface area contributed by atoms with E-state index in [9.17, 15) is 4.79 Å². The molecule has 1 aliphatic rings. The molecule has 0 unspecified atom stereocenters. The predicted octanol–water partition coefficient (Wildman–Crippen LogP) is 3.45. The molecular weight excluding hydrogens is 264 g/mol. The van der Waals surface area contributed by atoms with Crippen LogP contribution in [0.1, 0.15) is 27.9 Å². The number of Topliss-reactive ketones (excluding diaryl/α,β-unsaturated/α-hetero) is 1. The average Bonchev–Trinajstić information content (AvgIpc) is 2.55. The first-order chi connectivity index (χ1) is 10.3. The summed E-state index contributed by atoms with van der Waals surface area (Å²) in [5.74, 6) is 1.85. The zero-order valence-corrected chi connectivity index (χ0v) is 12.1. The standard InChI is InChI=1S/C18H18O3/c1-20-16-7-4-13(5-8-16)11-17(19)14-6-9-18-15(12-14)3-2-10-21-18/h4-9,12H,2-3,10-11H2,1H3. The number of rotatable bonds is 4. The molecule has 2 aromatic carbocycles. The molecule has 0 radical (unpaired) electrons. The number of hydrogen-bond acceptors (Lipinski definition) is 3. The van der Waals surface area contributed by atoms with Gasteiger partial charge < -0.3 is 9.47 Å². The minimum atomic E-state index is 0.133. The molecule has 0 bridgehead atoms. The minimum absolute atomic E-state index is 0.133. The molecule has 0 N–H and O–H groups in total. The maximum atomic E-state index is 12.4. The number of carbonyl (C=O) groups is 1. The fourth-order valence-electron chi connectivity index (χ4n) is 2.56. The number of hydrogen-bond donors (Lipinski definition) is 0.